The number of nitrogens with one attached hydrogen (secondary N) is 1. The first-order valence-electron chi connectivity index (χ1n) is 11.8. The fourth-order valence-corrected chi connectivity index (χ4v) is 4.83. The summed E-state index contributed by atoms with van der Waals surface area (Å²) in [6, 6.07) is 19.4. The normalized spacial score (nSPS) is 17.8. The smallest absolute Gasteiger partial charge is 0.254 e. The van der Waals surface area contributed by atoms with Crippen molar-refractivity contribution < 1.29 is 9.53 Å². The van der Waals surface area contributed by atoms with E-state index in [9.17, 15) is 4.79 Å². The maximum Gasteiger partial charge on any atom is 0.254 e. The Morgan fingerprint density at radius 1 is 0.938 bits per heavy atom. The predicted molar refractivity (Wildman–Crippen MR) is 128 cm³/mol. The molecule has 0 saturated carbocycles. The van der Waals surface area contributed by atoms with Crippen molar-refractivity contribution >= 4 is 22.5 Å². The number of hydrogen-bond donors (Lipinski definition) is 1. The molecule has 32 heavy (non-hydrogen) atoms. The number of benzene rings is 2. The Kier molecular flexibility index (Phi) is 6.41. The number of carbonyl (C=O) groups excluding carboxylic acids is 1. The molecule has 1 aromatic heterocycles. The monoisotopic (exact) mass is 432 g/mol. The van der Waals surface area contributed by atoms with Gasteiger partial charge in [0.25, 0.3) is 5.91 Å². The number of hydrogen-bond acceptors (Lipinski definition) is 4. The maximum atomic E-state index is 12.6. The van der Waals surface area contributed by atoms with Gasteiger partial charge in [-0.05, 0) is 54.6 Å². The lowest BCUT2D eigenvalue weighted by molar-refractivity contribution is 0.0303. The number of carbonyl (C=O) groups is 1. The molecule has 3 heterocycles. The van der Waals surface area contributed by atoms with E-state index in [0.29, 0.717) is 32.3 Å². The zero-order chi connectivity index (χ0) is 21.8. The van der Waals surface area contributed by atoms with Crippen molar-refractivity contribution in [3.63, 3.8) is 0 Å². The van der Waals surface area contributed by atoms with E-state index in [4.69, 9.17) is 4.74 Å². The minimum Gasteiger partial charge on any atom is -0.378 e. The van der Waals surface area contributed by atoms with Crippen LogP contribution in [-0.4, -0.2) is 67.4 Å². The number of fused-ring (bicyclic) bond motifs is 1. The molecular formula is C26H32N4O2. The van der Waals surface area contributed by atoms with Gasteiger partial charge in [-0.15, -0.1) is 0 Å². The lowest BCUT2D eigenvalue weighted by Crippen LogP contribution is -2.43. The molecule has 6 heteroatoms. The third-order valence-corrected chi connectivity index (χ3v) is 6.74. The van der Waals surface area contributed by atoms with E-state index in [0.717, 1.165) is 44.6 Å². The fraction of sp³-hybridized carbons (Fsp3) is 0.423. The minimum absolute atomic E-state index is 0.109. The number of ether oxygens (including phenoxy) is 1. The van der Waals surface area contributed by atoms with Crippen LogP contribution in [0.3, 0.4) is 0 Å². The van der Waals surface area contributed by atoms with Gasteiger partial charge in [-0.2, -0.15) is 0 Å². The summed E-state index contributed by atoms with van der Waals surface area (Å²) >= 11 is 0. The second-order valence-electron chi connectivity index (χ2n) is 8.73. The van der Waals surface area contributed by atoms with Crippen LogP contribution in [0.5, 0.6) is 0 Å². The van der Waals surface area contributed by atoms with Gasteiger partial charge in [0, 0.05) is 68.3 Å². The second-order valence-corrected chi connectivity index (χ2v) is 8.73. The first-order chi connectivity index (χ1) is 15.8. The second kappa shape index (κ2) is 9.76. The van der Waals surface area contributed by atoms with Crippen LogP contribution in [0.25, 0.3) is 10.9 Å². The standard InChI is InChI=1S/C26H32N4O2/c31-26(30-17-19-32-20-18-30)22-5-7-24(8-6-22)28-14-10-23(11-15-28)27-12-16-29-13-9-21-3-1-2-4-25(21)29/h1-9,13,23,27H,10-12,14-20H2. The van der Waals surface area contributed by atoms with Crippen LogP contribution < -0.4 is 10.2 Å². The number of anilines is 1. The van der Waals surface area contributed by atoms with Crippen LogP contribution in [0.1, 0.15) is 23.2 Å². The summed E-state index contributed by atoms with van der Waals surface area (Å²) in [5.41, 5.74) is 3.28. The van der Waals surface area contributed by atoms with Gasteiger partial charge < -0.3 is 24.4 Å². The summed E-state index contributed by atoms with van der Waals surface area (Å²) in [5.74, 6) is 0.109. The summed E-state index contributed by atoms with van der Waals surface area (Å²) < 4.78 is 7.68. The molecule has 5 rings (SSSR count). The van der Waals surface area contributed by atoms with Crippen LogP contribution in [0.4, 0.5) is 5.69 Å². The highest BCUT2D eigenvalue weighted by atomic mass is 16.5. The summed E-state index contributed by atoms with van der Waals surface area (Å²) in [6.45, 7) is 6.70. The Morgan fingerprint density at radius 3 is 2.47 bits per heavy atom. The van der Waals surface area contributed by atoms with Crippen molar-refractivity contribution in [1.29, 1.82) is 0 Å². The van der Waals surface area contributed by atoms with Gasteiger partial charge in [0.2, 0.25) is 0 Å². The van der Waals surface area contributed by atoms with Crippen molar-refractivity contribution in [2.24, 2.45) is 0 Å². The van der Waals surface area contributed by atoms with Gasteiger partial charge in [-0.3, -0.25) is 4.79 Å². The Balaban J connectivity index is 1.08. The number of morpholine rings is 1. The van der Waals surface area contributed by atoms with E-state index in [1.54, 1.807) is 0 Å². The highest BCUT2D eigenvalue weighted by molar-refractivity contribution is 5.94. The quantitative estimate of drug-likeness (QED) is 0.649. The number of amides is 1. The van der Waals surface area contributed by atoms with Crippen LogP contribution in [0, 0.1) is 0 Å². The number of piperidine rings is 1. The molecule has 0 aliphatic carbocycles. The topological polar surface area (TPSA) is 49.7 Å². The Bertz CT molecular complexity index is 1030. The summed E-state index contributed by atoms with van der Waals surface area (Å²) in [6.07, 6.45) is 4.46. The van der Waals surface area contributed by atoms with E-state index in [-0.39, 0.29) is 5.91 Å². The van der Waals surface area contributed by atoms with E-state index in [1.165, 1.54) is 16.6 Å². The fourth-order valence-electron chi connectivity index (χ4n) is 4.83. The molecule has 2 aromatic carbocycles. The predicted octanol–water partition coefficient (Wildman–Crippen LogP) is 3.37. The molecule has 0 atom stereocenters. The van der Waals surface area contributed by atoms with Crippen molar-refractivity contribution in [2.75, 3.05) is 50.8 Å². The van der Waals surface area contributed by atoms with Crippen LogP contribution in [0.2, 0.25) is 0 Å². The lowest BCUT2D eigenvalue weighted by Gasteiger charge is -2.34. The molecule has 2 aliphatic rings. The zero-order valence-corrected chi connectivity index (χ0v) is 18.6. The molecule has 0 bridgehead atoms. The first kappa shape index (κ1) is 21.0. The Hall–Kier alpha value is -2.83. The van der Waals surface area contributed by atoms with Crippen molar-refractivity contribution in [3.8, 4) is 0 Å². The number of aromatic nitrogens is 1. The van der Waals surface area contributed by atoms with Gasteiger partial charge >= 0.3 is 0 Å². The third-order valence-electron chi connectivity index (χ3n) is 6.74. The van der Waals surface area contributed by atoms with E-state index in [2.05, 4.69) is 63.4 Å². The van der Waals surface area contributed by atoms with Crippen molar-refractivity contribution in [1.82, 2.24) is 14.8 Å². The Labute approximate surface area is 189 Å². The summed E-state index contributed by atoms with van der Waals surface area (Å²) in [5, 5.41) is 5.05. The molecule has 168 valence electrons. The van der Waals surface area contributed by atoms with Gasteiger partial charge in [-0.25, -0.2) is 0 Å². The molecular weight excluding hydrogens is 400 g/mol. The third kappa shape index (κ3) is 4.66. The molecule has 3 aromatic rings. The average molecular weight is 433 g/mol. The molecule has 0 spiro atoms. The average Bonchev–Trinajstić information content (AvgIpc) is 3.28. The first-order valence-corrected chi connectivity index (χ1v) is 11.8. The van der Waals surface area contributed by atoms with Gasteiger partial charge in [0.15, 0.2) is 0 Å². The Morgan fingerprint density at radius 2 is 1.69 bits per heavy atom. The summed E-state index contributed by atoms with van der Waals surface area (Å²) in [7, 11) is 0. The van der Waals surface area contributed by atoms with E-state index < -0.39 is 0 Å². The molecule has 2 aliphatic heterocycles. The van der Waals surface area contributed by atoms with E-state index in [1.807, 2.05) is 17.0 Å². The highest BCUT2D eigenvalue weighted by Gasteiger charge is 2.21. The number of rotatable bonds is 6. The van der Waals surface area contributed by atoms with Gasteiger partial charge in [0.1, 0.15) is 0 Å². The zero-order valence-electron chi connectivity index (χ0n) is 18.6. The largest absolute Gasteiger partial charge is 0.378 e. The maximum absolute atomic E-state index is 12.6. The number of para-hydroxylation sites is 1. The van der Waals surface area contributed by atoms with Crippen LogP contribution in [-0.2, 0) is 11.3 Å². The molecule has 2 fully saturated rings. The van der Waals surface area contributed by atoms with Crippen LogP contribution in [0.15, 0.2) is 60.8 Å². The molecule has 0 unspecified atom stereocenters. The van der Waals surface area contributed by atoms with Crippen molar-refractivity contribution in [3.05, 3.63) is 66.4 Å². The molecule has 1 N–H and O–H groups in total. The molecule has 0 radical (unpaired) electrons. The minimum atomic E-state index is 0.109. The number of nitrogens with zero attached hydrogens (tertiary/aromatic N) is 3. The van der Waals surface area contributed by atoms with E-state index >= 15 is 0 Å². The van der Waals surface area contributed by atoms with Gasteiger partial charge in [-0.1, -0.05) is 18.2 Å². The van der Waals surface area contributed by atoms with Gasteiger partial charge in [0.05, 0.1) is 13.2 Å². The molecule has 1 amide bonds. The lowest BCUT2D eigenvalue weighted by atomic mass is 10.0. The van der Waals surface area contributed by atoms with Crippen LogP contribution >= 0.6 is 0 Å². The van der Waals surface area contributed by atoms with Crippen molar-refractivity contribution in [2.45, 2.75) is 25.4 Å². The summed E-state index contributed by atoms with van der Waals surface area (Å²) in [4.78, 5) is 16.9. The highest BCUT2D eigenvalue weighted by Crippen LogP contribution is 2.21. The molecule has 6 nitrogen and oxygen atoms in total. The molecule has 2 saturated heterocycles. The SMILES string of the molecule is O=C(c1ccc(N2CCC(NCCn3ccc4ccccc43)CC2)cc1)N1CCOCC1.